The lowest BCUT2D eigenvalue weighted by molar-refractivity contribution is -0.137. The van der Waals surface area contributed by atoms with E-state index in [4.69, 9.17) is 11.6 Å². The first kappa shape index (κ1) is 11.1. The van der Waals surface area contributed by atoms with Gasteiger partial charge in [-0.25, -0.2) is 4.98 Å². The van der Waals surface area contributed by atoms with E-state index in [1.54, 1.807) is 0 Å². The molecule has 0 N–H and O–H groups in total. The molecule has 0 aromatic carbocycles. The Hall–Kier alpha value is -0.970. The van der Waals surface area contributed by atoms with Crippen LogP contribution in [0.3, 0.4) is 0 Å². The maximum absolute atomic E-state index is 12.3. The molecular weight excluding hydrogens is 219 g/mol. The molecule has 6 heteroatoms. The van der Waals surface area contributed by atoms with Gasteiger partial charge in [0.15, 0.2) is 0 Å². The molecule has 1 aromatic heterocycles. The first-order valence-corrected chi connectivity index (χ1v) is 4.19. The van der Waals surface area contributed by atoms with E-state index < -0.39 is 11.7 Å². The highest BCUT2D eigenvalue weighted by molar-refractivity contribution is 6.16. The fourth-order valence-electron chi connectivity index (χ4n) is 0.897. The van der Waals surface area contributed by atoms with Crippen LogP contribution in [0.2, 0.25) is 0 Å². The first-order chi connectivity index (χ1) is 6.47. The van der Waals surface area contributed by atoms with Gasteiger partial charge in [-0.15, -0.1) is 11.6 Å². The number of hydrogen-bond donors (Lipinski definition) is 0. The second kappa shape index (κ2) is 4.04. The number of ether oxygens (including phenoxy) is 1. The van der Waals surface area contributed by atoms with Crippen molar-refractivity contribution in [3.63, 3.8) is 0 Å². The van der Waals surface area contributed by atoms with Gasteiger partial charge < -0.3 is 4.74 Å². The van der Waals surface area contributed by atoms with Crippen molar-refractivity contribution in [3.05, 3.63) is 23.4 Å². The van der Waals surface area contributed by atoms with Gasteiger partial charge in [0.05, 0.1) is 24.2 Å². The summed E-state index contributed by atoms with van der Waals surface area (Å²) in [5.41, 5.74) is -0.668. The third kappa shape index (κ3) is 2.51. The summed E-state index contributed by atoms with van der Waals surface area (Å²) in [5, 5.41) is 0. The van der Waals surface area contributed by atoms with E-state index in [1.165, 1.54) is 7.11 Å². The zero-order valence-electron chi connectivity index (χ0n) is 7.23. The van der Waals surface area contributed by atoms with Gasteiger partial charge in [0.2, 0.25) is 5.88 Å². The van der Waals surface area contributed by atoms with Gasteiger partial charge in [-0.2, -0.15) is 13.2 Å². The van der Waals surface area contributed by atoms with Crippen LogP contribution in [0.4, 0.5) is 13.2 Å². The predicted molar refractivity (Wildman–Crippen MR) is 45.3 cm³/mol. The lowest BCUT2D eigenvalue weighted by Crippen LogP contribution is -2.07. The van der Waals surface area contributed by atoms with Crippen molar-refractivity contribution in [1.29, 1.82) is 0 Å². The number of aromatic nitrogens is 1. The molecule has 14 heavy (non-hydrogen) atoms. The highest BCUT2D eigenvalue weighted by atomic mass is 35.5. The minimum absolute atomic E-state index is 0.0831. The minimum Gasteiger partial charge on any atom is -0.481 e. The van der Waals surface area contributed by atoms with Gasteiger partial charge >= 0.3 is 6.18 Å². The molecule has 2 nitrogen and oxygen atoms in total. The highest BCUT2D eigenvalue weighted by Gasteiger charge is 2.31. The summed E-state index contributed by atoms with van der Waals surface area (Å²) < 4.78 is 41.5. The number of alkyl halides is 4. The van der Waals surface area contributed by atoms with E-state index >= 15 is 0 Å². The number of pyridine rings is 1. The molecule has 1 rings (SSSR count). The summed E-state index contributed by atoms with van der Waals surface area (Å²) in [6, 6.07) is 1.73. The molecule has 0 radical (unpaired) electrons. The Labute approximate surface area is 83.7 Å². The van der Waals surface area contributed by atoms with Crippen LogP contribution in [0.1, 0.15) is 11.3 Å². The van der Waals surface area contributed by atoms with E-state index in [-0.39, 0.29) is 17.5 Å². The van der Waals surface area contributed by atoms with Crippen LogP contribution >= 0.6 is 11.6 Å². The molecule has 0 aliphatic rings. The van der Waals surface area contributed by atoms with Crippen LogP contribution in [0.25, 0.3) is 0 Å². The van der Waals surface area contributed by atoms with Crippen molar-refractivity contribution in [2.45, 2.75) is 12.1 Å². The Morgan fingerprint density at radius 2 is 2.07 bits per heavy atom. The zero-order chi connectivity index (χ0) is 10.8. The van der Waals surface area contributed by atoms with E-state index in [0.717, 1.165) is 12.1 Å². The molecule has 1 heterocycles. The highest BCUT2D eigenvalue weighted by Crippen LogP contribution is 2.31. The number of hydrogen-bond acceptors (Lipinski definition) is 2. The van der Waals surface area contributed by atoms with Gasteiger partial charge in [-0.1, -0.05) is 0 Å². The van der Waals surface area contributed by atoms with Gasteiger partial charge in [-0.3, -0.25) is 0 Å². The maximum Gasteiger partial charge on any atom is 0.416 e. The van der Waals surface area contributed by atoms with Gasteiger partial charge in [0.25, 0.3) is 0 Å². The number of rotatable bonds is 2. The molecule has 1 aromatic rings. The third-order valence-electron chi connectivity index (χ3n) is 1.53. The Bertz CT molecular complexity index is 305. The first-order valence-electron chi connectivity index (χ1n) is 3.65. The zero-order valence-corrected chi connectivity index (χ0v) is 7.99. The Balaban J connectivity index is 3.17. The normalized spacial score (nSPS) is 11.5. The lowest BCUT2D eigenvalue weighted by atomic mass is 10.2. The van der Waals surface area contributed by atoms with Crippen LogP contribution in [-0.2, 0) is 12.1 Å². The summed E-state index contributed by atoms with van der Waals surface area (Å²) in [6.07, 6.45) is -4.41. The van der Waals surface area contributed by atoms with E-state index in [1.807, 2.05) is 0 Å². The van der Waals surface area contributed by atoms with Crippen molar-refractivity contribution in [2.75, 3.05) is 7.11 Å². The summed E-state index contributed by atoms with van der Waals surface area (Å²) >= 11 is 5.39. The lowest BCUT2D eigenvalue weighted by Gasteiger charge is -2.09. The van der Waals surface area contributed by atoms with Crippen LogP contribution in [0, 0.1) is 0 Å². The molecule has 0 aliphatic heterocycles. The average Bonchev–Trinajstić information content (AvgIpc) is 2.15. The van der Waals surface area contributed by atoms with E-state index in [9.17, 15) is 13.2 Å². The number of methoxy groups -OCH3 is 1. The number of halogens is 4. The molecule has 0 amide bonds. The Morgan fingerprint density at radius 1 is 1.43 bits per heavy atom. The molecule has 0 unspecified atom stereocenters. The Morgan fingerprint density at radius 3 is 2.50 bits per heavy atom. The second-order valence-electron chi connectivity index (χ2n) is 2.52. The smallest absolute Gasteiger partial charge is 0.416 e. The quantitative estimate of drug-likeness (QED) is 0.722. The molecule has 0 bridgehead atoms. The van der Waals surface area contributed by atoms with Crippen LogP contribution in [0.15, 0.2) is 12.1 Å². The van der Waals surface area contributed by atoms with Crippen molar-refractivity contribution in [2.24, 2.45) is 0 Å². The largest absolute Gasteiger partial charge is 0.481 e. The molecule has 78 valence electrons. The standard InChI is InChI=1S/C8H7ClF3NO/c1-14-7-3-5(8(10,11)12)2-6(4-9)13-7/h2-3H,4H2,1H3. The topological polar surface area (TPSA) is 22.1 Å². The summed E-state index contributed by atoms with van der Waals surface area (Å²) in [5.74, 6) is -0.171. The monoisotopic (exact) mass is 225 g/mol. The Kier molecular flexibility index (Phi) is 3.21. The van der Waals surface area contributed by atoms with E-state index in [2.05, 4.69) is 9.72 Å². The van der Waals surface area contributed by atoms with Crippen LogP contribution in [-0.4, -0.2) is 12.1 Å². The van der Waals surface area contributed by atoms with Crippen molar-refractivity contribution >= 4 is 11.6 Å². The third-order valence-corrected chi connectivity index (χ3v) is 1.80. The molecule has 0 saturated heterocycles. The molecule has 0 atom stereocenters. The average molecular weight is 226 g/mol. The summed E-state index contributed by atoms with van der Waals surface area (Å²) in [7, 11) is 1.25. The second-order valence-corrected chi connectivity index (χ2v) is 2.79. The van der Waals surface area contributed by atoms with Gasteiger partial charge in [0.1, 0.15) is 0 Å². The molecule has 0 fully saturated rings. The minimum atomic E-state index is -4.41. The molecule has 0 saturated carbocycles. The fraction of sp³-hybridized carbons (Fsp3) is 0.375. The van der Waals surface area contributed by atoms with Crippen LogP contribution in [0.5, 0.6) is 5.88 Å². The summed E-state index contributed by atoms with van der Waals surface area (Å²) in [4.78, 5) is 3.73. The van der Waals surface area contributed by atoms with E-state index in [0.29, 0.717) is 0 Å². The molecule has 0 spiro atoms. The predicted octanol–water partition coefficient (Wildman–Crippen LogP) is 2.85. The molecular formula is C8H7ClF3NO. The fourth-order valence-corrected chi connectivity index (χ4v) is 1.03. The van der Waals surface area contributed by atoms with Crippen LogP contribution < -0.4 is 4.74 Å². The SMILES string of the molecule is COc1cc(C(F)(F)F)cc(CCl)n1. The van der Waals surface area contributed by atoms with Crippen molar-refractivity contribution in [1.82, 2.24) is 4.98 Å². The maximum atomic E-state index is 12.3. The van der Waals surface area contributed by atoms with Gasteiger partial charge in [-0.05, 0) is 6.07 Å². The summed E-state index contributed by atoms with van der Waals surface area (Å²) in [6.45, 7) is 0. The molecule has 0 aliphatic carbocycles. The van der Waals surface area contributed by atoms with Gasteiger partial charge in [0, 0.05) is 6.07 Å². The number of nitrogens with zero attached hydrogens (tertiary/aromatic N) is 1. The van der Waals surface area contributed by atoms with Crippen molar-refractivity contribution < 1.29 is 17.9 Å². The van der Waals surface area contributed by atoms with Crippen molar-refractivity contribution in [3.8, 4) is 5.88 Å².